The summed E-state index contributed by atoms with van der Waals surface area (Å²) in [4.78, 5) is 0. The summed E-state index contributed by atoms with van der Waals surface area (Å²) in [7, 11) is -1.40. The third-order valence-electron chi connectivity index (χ3n) is 2.29. The predicted octanol–water partition coefficient (Wildman–Crippen LogP) is 1.04. The maximum Gasteiger partial charge on any atom is 0.488 e. The average Bonchev–Trinajstić information content (AvgIpc) is 2.80. The second kappa shape index (κ2) is 5.16. The molecule has 0 spiro atoms. The van der Waals surface area contributed by atoms with Gasteiger partial charge in [-0.3, -0.25) is 0 Å². The van der Waals surface area contributed by atoms with Gasteiger partial charge in [0.1, 0.15) is 0 Å². The summed E-state index contributed by atoms with van der Waals surface area (Å²) in [6.45, 7) is 0.782. The van der Waals surface area contributed by atoms with E-state index in [1.165, 1.54) is 5.56 Å². The van der Waals surface area contributed by atoms with Crippen LogP contribution >= 0.6 is 11.3 Å². The molecular weight excluding hydrogens is 221 g/mol. The summed E-state index contributed by atoms with van der Waals surface area (Å²) in [5.74, 6) is 0. The van der Waals surface area contributed by atoms with Crippen molar-refractivity contribution in [3.05, 3.63) is 46.7 Å². The van der Waals surface area contributed by atoms with Gasteiger partial charge in [0.15, 0.2) is 0 Å². The Labute approximate surface area is 98.5 Å². The molecule has 0 saturated heterocycles. The molecule has 2 rings (SSSR count). The van der Waals surface area contributed by atoms with Gasteiger partial charge in [-0.2, -0.15) is 11.3 Å². The molecule has 3 N–H and O–H groups in total. The molecule has 0 saturated carbocycles. The van der Waals surface area contributed by atoms with Gasteiger partial charge in [-0.25, -0.2) is 0 Å². The molecule has 16 heavy (non-hydrogen) atoms. The molecule has 1 aromatic heterocycles. The SMILES string of the molecule is OB(O)c1ccc(NCc2ccsc2)cc1. The van der Waals surface area contributed by atoms with Crippen molar-refractivity contribution in [3.8, 4) is 0 Å². The molecule has 0 aliphatic rings. The highest BCUT2D eigenvalue weighted by atomic mass is 32.1. The topological polar surface area (TPSA) is 52.5 Å². The van der Waals surface area contributed by atoms with E-state index in [9.17, 15) is 0 Å². The van der Waals surface area contributed by atoms with Gasteiger partial charge < -0.3 is 15.4 Å². The summed E-state index contributed by atoms with van der Waals surface area (Å²) >= 11 is 1.67. The minimum Gasteiger partial charge on any atom is -0.423 e. The quantitative estimate of drug-likeness (QED) is 0.691. The Morgan fingerprint density at radius 2 is 1.88 bits per heavy atom. The van der Waals surface area contributed by atoms with Crippen molar-refractivity contribution < 1.29 is 10.0 Å². The van der Waals surface area contributed by atoms with Crippen molar-refractivity contribution in [2.24, 2.45) is 0 Å². The summed E-state index contributed by atoms with van der Waals surface area (Å²) in [5, 5.41) is 25.3. The van der Waals surface area contributed by atoms with Gasteiger partial charge in [0.05, 0.1) is 0 Å². The molecular formula is C11H12BNO2S. The molecule has 1 aromatic carbocycles. The Morgan fingerprint density at radius 1 is 1.12 bits per heavy atom. The number of rotatable bonds is 4. The summed E-state index contributed by atoms with van der Waals surface area (Å²) in [6.07, 6.45) is 0. The van der Waals surface area contributed by atoms with Gasteiger partial charge in [0, 0.05) is 12.2 Å². The average molecular weight is 233 g/mol. The lowest BCUT2D eigenvalue weighted by atomic mass is 9.80. The molecule has 0 atom stereocenters. The lowest BCUT2D eigenvalue weighted by Gasteiger charge is -2.06. The smallest absolute Gasteiger partial charge is 0.423 e. The van der Waals surface area contributed by atoms with E-state index in [1.807, 2.05) is 17.5 Å². The first-order valence-electron chi connectivity index (χ1n) is 4.97. The van der Waals surface area contributed by atoms with Gasteiger partial charge in [-0.05, 0) is 40.0 Å². The summed E-state index contributed by atoms with van der Waals surface area (Å²) in [6, 6.07) is 9.13. The zero-order valence-corrected chi connectivity index (χ0v) is 9.45. The van der Waals surface area contributed by atoms with E-state index in [0.717, 1.165) is 12.2 Å². The van der Waals surface area contributed by atoms with Crippen molar-refractivity contribution >= 4 is 29.6 Å². The number of thiophene rings is 1. The van der Waals surface area contributed by atoms with Crippen LogP contribution in [0.5, 0.6) is 0 Å². The van der Waals surface area contributed by atoms with E-state index in [4.69, 9.17) is 10.0 Å². The normalized spacial score (nSPS) is 10.1. The standard InChI is InChI=1S/C11H12BNO2S/c14-12(15)10-1-3-11(4-2-10)13-7-9-5-6-16-8-9/h1-6,8,13-15H,7H2. The molecule has 82 valence electrons. The second-order valence-corrected chi connectivity index (χ2v) is 4.26. The van der Waals surface area contributed by atoms with Crippen LogP contribution < -0.4 is 10.8 Å². The third kappa shape index (κ3) is 2.85. The van der Waals surface area contributed by atoms with E-state index >= 15 is 0 Å². The molecule has 2 aromatic rings. The van der Waals surface area contributed by atoms with Crippen LogP contribution in [0.25, 0.3) is 0 Å². The molecule has 0 unspecified atom stereocenters. The Morgan fingerprint density at radius 3 is 2.44 bits per heavy atom. The van der Waals surface area contributed by atoms with Crippen LogP contribution in [0.4, 0.5) is 5.69 Å². The maximum absolute atomic E-state index is 8.93. The van der Waals surface area contributed by atoms with E-state index in [1.54, 1.807) is 23.5 Å². The molecule has 0 fully saturated rings. The van der Waals surface area contributed by atoms with Crippen LogP contribution in [0.2, 0.25) is 0 Å². The first kappa shape index (κ1) is 11.2. The zero-order valence-electron chi connectivity index (χ0n) is 8.63. The fourth-order valence-corrected chi connectivity index (χ4v) is 2.04. The molecule has 5 heteroatoms. The number of anilines is 1. The molecule has 0 radical (unpaired) electrons. The largest absolute Gasteiger partial charge is 0.488 e. The van der Waals surface area contributed by atoms with Gasteiger partial charge in [0.2, 0.25) is 0 Å². The molecule has 0 amide bonds. The first-order chi connectivity index (χ1) is 7.75. The van der Waals surface area contributed by atoms with Crippen molar-refractivity contribution in [1.29, 1.82) is 0 Å². The number of benzene rings is 1. The molecule has 0 aliphatic heterocycles. The Kier molecular flexibility index (Phi) is 3.61. The molecule has 3 nitrogen and oxygen atoms in total. The highest BCUT2D eigenvalue weighted by Crippen LogP contribution is 2.10. The molecule has 0 bridgehead atoms. The van der Waals surface area contributed by atoms with Crippen LogP contribution in [0.15, 0.2) is 41.1 Å². The first-order valence-corrected chi connectivity index (χ1v) is 5.91. The summed E-state index contributed by atoms with van der Waals surface area (Å²) < 4.78 is 0. The Hall–Kier alpha value is -1.30. The monoisotopic (exact) mass is 233 g/mol. The highest BCUT2D eigenvalue weighted by Gasteiger charge is 2.09. The van der Waals surface area contributed by atoms with Crippen LogP contribution in [0.3, 0.4) is 0 Å². The zero-order chi connectivity index (χ0) is 11.4. The third-order valence-corrected chi connectivity index (χ3v) is 3.02. The van der Waals surface area contributed by atoms with Gasteiger partial charge in [-0.15, -0.1) is 0 Å². The van der Waals surface area contributed by atoms with Gasteiger partial charge >= 0.3 is 7.12 Å². The summed E-state index contributed by atoms with van der Waals surface area (Å²) in [5.41, 5.74) is 2.72. The van der Waals surface area contributed by atoms with Crippen molar-refractivity contribution in [2.45, 2.75) is 6.54 Å². The van der Waals surface area contributed by atoms with E-state index in [-0.39, 0.29) is 0 Å². The second-order valence-electron chi connectivity index (χ2n) is 3.48. The van der Waals surface area contributed by atoms with Crippen molar-refractivity contribution in [3.63, 3.8) is 0 Å². The fourth-order valence-electron chi connectivity index (χ4n) is 1.37. The Balaban J connectivity index is 1.95. The van der Waals surface area contributed by atoms with Crippen LogP contribution in [0.1, 0.15) is 5.56 Å². The van der Waals surface area contributed by atoms with Crippen LogP contribution in [0, 0.1) is 0 Å². The van der Waals surface area contributed by atoms with Crippen LogP contribution in [-0.4, -0.2) is 17.2 Å². The number of hydrogen-bond donors (Lipinski definition) is 3. The van der Waals surface area contributed by atoms with Crippen molar-refractivity contribution in [1.82, 2.24) is 0 Å². The van der Waals surface area contributed by atoms with E-state index < -0.39 is 7.12 Å². The lowest BCUT2D eigenvalue weighted by molar-refractivity contribution is 0.426. The van der Waals surface area contributed by atoms with Gasteiger partial charge in [-0.1, -0.05) is 12.1 Å². The highest BCUT2D eigenvalue weighted by molar-refractivity contribution is 7.07. The predicted molar refractivity (Wildman–Crippen MR) is 67.9 cm³/mol. The van der Waals surface area contributed by atoms with Crippen LogP contribution in [-0.2, 0) is 6.54 Å². The fraction of sp³-hybridized carbons (Fsp3) is 0.0909. The van der Waals surface area contributed by atoms with Gasteiger partial charge in [0.25, 0.3) is 0 Å². The molecule has 1 heterocycles. The van der Waals surface area contributed by atoms with E-state index in [0.29, 0.717) is 5.46 Å². The molecule has 0 aliphatic carbocycles. The number of hydrogen-bond acceptors (Lipinski definition) is 4. The number of nitrogens with one attached hydrogen (secondary N) is 1. The Bertz CT molecular complexity index is 428. The maximum atomic E-state index is 8.93. The minimum atomic E-state index is -1.40. The van der Waals surface area contributed by atoms with Crippen molar-refractivity contribution in [2.75, 3.05) is 5.32 Å². The van der Waals surface area contributed by atoms with E-state index in [2.05, 4.69) is 16.8 Å². The minimum absolute atomic E-state index is 0.501. The lowest BCUT2D eigenvalue weighted by Crippen LogP contribution is -2.29.